The predicted octanol–water partition coefficient (Wildman–Crippen LogP) is 1.55. The molecule has 0 spiro atoms. The maximum atomic E-state index is 11.4. The molecule has 0 aliphatic carbocycles. The van der Waals surface area contributed by atoms with Crippen molar-refractivity contribution in [3.63, 3.8) is 0 Å². The summed E-state index contributed by atoms with van der Waals surface area (Å²) in [6.45, 7) is 5.63. The van der Waals surface area contributed by atoms with Crippen LogP contribution in [0.5, 0.6) is 0 Å². The summed E-state index contributed by atoms with van der Waals surface area (Å²) in [6.07, 6.45) is 5.18. The third-order valence-corrected chi connectivity index (χ3v) is 1.65. The molecule has 1 heterocycles. The molecule has 0 radical (unpaired) electrons. The van der Waals surface area contributed by atoms with E-state index in [1.54, 1.807) is 12.3 Å². The number of H-pyrrole nitrogens is 1. The van der Waals surface area contributed by atoms with Crippen molar-refractivity contribution in [3.05, 3.63) is 46.8 Å². The third kappa shape index (κ3) is 2.08. The van der Waals surface area contributed by atoms with E-state index in [4.69, 9.17) is 5.73 Å². The molecule has 1 aromatic rings. The Morgan fingerprint density at radius 2 is 2.38 bits per heavy atom. The SMILES string of the molecule is C=C(/C=C\C)c1c[nH]c(N)cc1=O. The maximum absolute atomic E-state index is 11.4. The van der Waals surface area contributed by atoms with E-state index in [0.29, 0.717) is 17.0 Å². The average Bonchev–Trinajstić information content (AvgIpc) is 2.04. The van der Waals surface area contributed by atoms with Gasteiger partial charge in [-0.15, -0.1) is 0 Å². The molecule has 0 unspecified atom stereocenters. The van der Waals surface area contributed by atoms with Crippen LogP contribution in [0.3, 0.4) is 0 Å². The lowest BCUT2D eigenvalue weighted by atomic mass is 10.1. The van der Waals surface area contributed by atoms with E-state index in [0.717, 1.165) is 0 Å². The molecular weight excluding hydrogens is 164 g/mol. The van der Waals surface area contributed by atoms with E-state index < -0.39 is 0 Å². The van der Waals surface area contributed by atoms with Gasteiger partial charge in [-0.3, -0.25) is 4.79 Å². The van der Waals surface area contributed by atoms with Gasteiger partial charge in [0.1, 0.15) is 5.82 Å². The van der Waals surface area contributed by atoms with Crippen LogP contribution in [0.15, 0.2) is 35.8 Å². The quantitative estimate of drug-likeness (QED) is 0.671. The second kappa shape index (κ2) is 3.76. The molecule has 3 heteroatoms. The monoisotopic (exact) mass is 176 g/mol. The van der Waals surface area contributed by atoms with Crippen molar-refractivity contribution in [1.29, 1.82) is 0 Å². The highest BCUT2D eigenvalue weighted by Crippen LogP contribution is 2.08. The second-order valence-corrected chi connectivity index (χ2v) is 2.69. The van der Waals surface area contributed by atoms with Crippen LogP contribution in [0, 0.1) is 0 Å². The predicted molar refractivity (Wildman–Crippen MR) is 55.3 cm³/mol. The van der Waals surface area contributed by atoms with Crippen LogP contribution in [-0.2, 0) is 0 Å². The fourth-order valence-electron chi connectivity index (χ4n) is 1.03. The molecule has 0 bridgehead atoms. The first kappa shape index (κ1) is 9.32. The zero-order chi connectivity index (χ0) is 9.84. The summed E-state index contributed by atoms with van der Waals surface area (Å²) in [7, 11) is 0. The fraction of sp³-hybridized carbons (Fsp3) is 0.100. The van der Waals surface area contributed by atoms with E-state index in [1.807, 2.05) is 13.0 Å². The summed E-state index contributed by atoms with van der Waals surface area (Å²) in [5.41, 5.74) is 6.52. The van der Waals surface area contributed by atoms with Crippen LogP contribution >= 0.6 is 0 Å². The molecule has 0 amide bonds. The minimum absolute atomic E-state index is 0.112. The van der Waals surface area contributed by atoms with Crippen LogP contribution in [0.4, 0.5) is 5.82 Å². The molecule has 68 valence electrons. The first-order valence-electron chi connectivity index (χ1n) is 3.95. The third-order valence-electron chi connectivity index (χ3n) is 1.65. The zero-order valence-electron chi connectivity index (χ0n) is 7.50. The Bertz CT molecular complexity index is 402. The van der Waals surface area contributed by atoms with Crippen molar-refractivity contribution in [1.82, 2.24) is 4.98 Å². The van der Waals surface area contributed by atoms with Crippen molar-refractivity contribution in [2.75, 3.05) is 5.73 Å². The molecule has 0 atom stereocenters. The Morgan fingerprint density at radius 1 is 1.69 bits per heavy atom. The van der Waals surface area contributed by atoms with Crippen molar-refractivity contribution in [2.24, 2.45) is 0 Å². The minimum Gasteiger partial charge on any atom is -0.385 e. The molecule has 0 saturated carbocycles. The van der Waals surface area contributed by atoms with E-state index in [1.165, 1.54) is 6.07 Å². The van der Waals surface area contributed by atoms with E-state index in [9.17, 15) is 4.79 Å². The smallest absolute Gasteiger partial charge is 0.191 e. The van der Waals surface area contributed by atoms with Gasteiger partial charge in [-0.05, 0) is 12.5 Å². The number of hydrogen-bond donors (Lipinski definition) is 2. The van der Waals surface area contributed by atoms with Gasteiger partial charge >= 0.3 is 0 Å². The van der Waals surface area contributed by atoms with Crippen LogP contribution < -0.4 is 11.2 Å². The average molecular weight is 176 g/mol. The Balaban J connectivity index is 3.17. The fourth-order valence-corrected chi connectivity index (χ4v) is 1.03. The number of rotatable bonds is 2. The highest BCUT2D eigenvalue weighted by molar-refractivity contribution is 5.71. The number of hydrogen-bond acceptors (Lipinski definition) is 2. The number of anilines is 1. The van der Waals surface area contributed by atoms with Crippen LogP contribution in [0.1, 0.15) is 12.5 Å². The largest absolute Gasteiger partial charge is 0.385 e. The maximum Gasteiger partial charge on any atom is 0.191 e. The molecule has 0 aromatic carbocycles. The van der Waals surface area contributed by atoms with Gasteiger partial charge < -0.3 is 10.7 Å². The van der Waals surface area contributed by atoms with Gasteiger partial charge in [0.05, 0.1) is 0 Å². The Hall–Kier alpha value is -1.77. The molecular formula is C10H12N2O. The lowest BCUT2D eigenvalue weighted by molar-refractivity contribution is 1.29. The molecule has 0 fully saturated rings. The van der Waals surface area contributed by atoms with Crippen molar-refractivity contribution < 1.29 is 0 Å². The summed E-state index contributed by atoms with van der Waals surface area (Å²) >= 11 is 0. The Labute approximate surface area is 76.6 Å². The number of allylic oxidation sites excluding steroid dienone is 3. The first-order valence-corrected chi connectivity index (χ1v) is 3.95. The normalized spacial score (nSPS) is 10.5. The molecule has 3 N–H and O–H groups in total. The number of nitrogens with one attached hydrogen (secondary N) is 1. The topological polar surface area (TPSA) is 58.9 Å². The first-order chi connectivity index (χ1) is 6.15. The molecule has 0 aliphatic heterocycles. The van der Waals surface area contributed by atoms with Crippen molar-refractivity contribution >= 4 is 11.4 Å². The summed E-state index contributed by atoms with van der Waals surface area (Å²) in [5, 5.41) is 0. The summed E-state index contributed by atoms with van der Waals surface area (Å²) in [6, 6.07) is 1.35. The number of pyridine rings is 1. The summed E-state index contributed by atoms with van der Waals surface area (Å²) in [5.74, 6) is 0.363. The van der Waals surface area contributed by atoms with E-state index in [-0.39, 0.29) is 5.43 Å². The van der Waals surface area contributed by atoms with Gasteiger partial charge in [-0.1, -0.05) is 18.7 Å². The lowest BCUT2D eigenvalue weighted by Gasteiger charge is -1.99. The van der Waals surface area contributed by atoms with Gasteiger partial charge in [0.15, 0.2) is 5.43 Å². The van der Waals surface area contributed by atoms with Crippen LogP contribution in [0.2, 0.25) is 0 Å². The molecule has 3 nitrogen and oxygen atoms in total. The highest BCUT2D eigenvalue weighted by atomic mass is 16.1. The number of nitrogen functional groups attached to an aromatic ring is 1. The molecule has 1 rings (SSSR count). The zero-order valence-corrected chi connectivity index (χ0v) is 7.50. The van der Waals surface area contributed by atoms with Gasteiger partial charge in [0.2, 0.25) is 0 Å². The molecule has 0 aliphatic rings. The van der Waals surface area contributed by atoms with Gasteiger partial charge in [-0.2, -0.15) is 0 Å². The van der Waals surface area contributed by atoms with E-state index >= 15 is 0 Å². The van der Waals surface area contributed by atoms with Crippen LogP contribution in [-0.4, -0.2) is 4.98 Å². The Kier molecular flexibility index (Phi) is 2.69. The standard InChI is InChI=1S/C10H12N2O/c1-3-4-7(2)8-6-12-10(11)5-9(8)13/h3-6H,2H2,1H3,(H3,11,12,13)/b4-3-. The molecule has 1 aromatic heterocycles. The molecule has 0 saturated heterocycles. The van der Waals surface area contributed by atoms with Crippen molar-refractivity contribution in [3.8, 4) is 0 Å². The van der Waals surface area contributed by atoms with E-state index in [2.05, 4.69) is 11.6 Å². The number of nitrogens with two attached hydrogens (primary N) is 1. The second-order valence-electron chi connectivity index (χ2n) is 2.69. The van der Waals surface area contributed by atoms with Crippen LogP contribution in [0.25, 0.3) is 5.57 Å². The number of aromatic amines is 1. The van der Waals surface area contributed by atoms with Gasteiger partial charge in [-0.25, -0.2) is 0 Å². The summed E-state index contributed by atoms with van der Waals surface area (Å²) < 4.78 is 0. The molecule has 13 heavy (non-hydrogen) atoms. The van der Waals surface area contributed by atoms with Crippen molar-refractivity contribution in [2.45, 2.75) is 6.92 Å². The lowest BCUT2D eigenvalue weighted by Crippen LogP contribution is -2.08. The number of aromatic nitrogens is 1. The van der Waals surface area contributed by atoms with Gasteiger partial charge in [0, 0.05) is 17.8 Å². The highest BCUT2D eigenvalue weighted by Gasteiger charge is 2.00. The van der Waals surface area contributed by atoms with Gasteiger partial charge in [0.25, 0.3) is 0 Å². The summed E-state index contributed by atoms with van der Waals surface area (Å²) in [4.78, 5) is 14.1. The minimum atomic E-state index is -0.112. The Morgan fingerprint density at radius 3 is 2.92 bits per heavy atom.